The van der Waals surface area contributed by atoms with Crippen molar-refractivity contribution in [2.24, 2.45) is 0 Å². The summed E-state index contributed by atoms with van der Waals surface area (Å²) in [5, 5.41) is -0.489. The van der Waals surface area contributed by atoms with E-state index in [1.165, 1.54) is 0 Å². The number of para-hydroxylation sites is 1. The number of carbonyl (C=O) groups is 1. The first-order valence-electron chi connectivity index (χ1n) is 6.21. The molecule has 0 saturated heterocycles. The summed E-state index contributed by atoms with van der Waals surface area (Å²) >= 11 is 0.573. The zero-order valence-corrected chi connectivity index (χ0v) is 12.2. The molecule has 0 fully saturated rings. The van der Waals surface area contributed by atoms with Gasteiger partial charge in [0.1, 0.15) is 5.75 Å². The molecule has 112 valence electrons. The molecule has 0 amide bonds. The highest BCUT2D eigenvalue weighted by Gasteiger charge is 2.33. The molecule has 0 aliphatic rings. The van der Waals surface area contributed by atoms with Crippen molar-refractivity contribution in [3.05, 3.63) is 40.2 Å². The summed E-state index contributed by atoms with van der Waals surface area (Å²) in [7, 11) is 0. The minimum Gasteiger partial charge on any atom is -0.462 e. The summed E-state index contributed by atoms with van der Waals surface area (Å²) in [4.78, 5) is 15.5. The fraction of sp³-hybridized carbons (Fsp3) is 0.286. The van der Waals surface area contributed by atoms with Crippen molar-refractivity contribution in [3.63, 3.8) is 0 Å². The van der Waals surface area contributed by atoms with Gasteiger partial charge in [0.2, 0.25) is 5.88 Å². The number of hydrogen-bond acceptors (Lipinski definition) is 5. The topological polar surface area (TPSA) is 48.4 Å². The summed E-state index contributed by atoms with van der Waals surface area (Å²) in [5.41, 5.74) is 0. The second-order valence-electron chi connectivity index (χ2n) is 4.18. The Hall–Kier alpha value is -2.02. The van der Waals surface area contributed by atoms with Gasteiger partial charge in [0, 0.05) is 6.92 Å². The van der Waals surface area contributed by atoms with Crippen LogP contribution in [0.3, 0.4) is 0 Å². The van der Waals surface area contributed by atoms with E-state index in [0.29, 0.717) is 24.0 Å². The minimum atomic E-state index is -3.15. The fourth-order valence-corrected chi connectivity index (χ4v) is 2.31. The lowest BCUT2D eigenvalue weighted by atomic mass is 10.3. The number of carbonyl (C=O) groups excluding carboxylic acids is 1. The molecule has 1 aromatic carbocycles. The Bertz CT molecular complexity index is 623. The van der Waals surface area contributed by atoms with Crippen LogP contribution in [-0.4, -0.2) is 17.6 Å². The summed E-state index contributed by atoms with van der Waals surface area (Å²) in [6.45, 7) is 2.48. The molecule has 1 heterocycles. The summed E-state index contributed by atoms with van der Waals surface area (Å²) < 4.78 is 37.0. The maximum absolute atomic E-state index is 13.4. The second kappa shape index (κ2) is 6.17. The summed E-state index contributed by atoms with van der Waals surface area (Å²) in [6, 6.07) is 8.50. The van der Waals surface area contributed by atoms with Crippen molar-refractivity contribution >= 4 is 17.3 Å². The Kier molecular flexibility index (Phi) is 4.52. The van der Waals surface area contributed by atoms with Gasteiger partial charge in [0.15, 0.2) is 9.88 Å². The molecule has 0 saturated carbocycles. The van der Waals surface area contributed by atoms with E-state index < -0.39 is 16.9 Å². The van der Waals surface area contributed by atoms with Crippen molar-refractivity contribution in [1.82, 2.24) is 4.98 Å². The van der Waals surface area contributed by atoms with Gasteiger partial charge >= 0.3 is 5.97 Å². The van der Waals surface area contributed by atoms with Crippen LogP contribution in [-0.2, 0) is 10.7 Å². The predicted octanol–water partition coefficient (Wildman–Crippen LogP) is 4.22. The molecule has 0 aliphatic heterocycles. The highest BCUT2D eigenvalue weighted by Crippen LogP contribution is 2.37. The van der Waals surface area contributed by atoms with Crippen LogP contribution >= 0.6 is 11.3 Å². The van der Waals surface area contributed by atoms with Gasteiger partial charge < -0.3 is 9.47 Å². The van der Waals surface area contributed by atoms with Crippen LogP contribution in [0.25, 0.3) is 0 Å². The van der Waals surface area contributed by atoms with Crippen LogP contribution in [0, 0.1) is 0 Å². The first-order chi connectivity index (χ1) is 9.91. The molecule has 2 rings (SSSR count). The average molecular weight is 313 g/mol. The lowest BCUT2D eigenvalue weighted by molar-refractivity contribution is 0.0169. The molecule has 0 bridgehead atoms. The van der Waals surface area contributed by atoms with Crippen LogP contribution in [0.2, 0.25) is 0 Å². The maximum atomic E-state index is 13.4. The lowest BCUT2D eigenvalue weighted by Crippen LogP contribution is -2.05. The first kappa shape index (κ1) is 15.4. The zero-order chi connectivity index (χ0) is 15.5. The monoisotopic (exact) mass is 313 g/mol. The molecule has 4 nitrogen and oxygen atoms in total. The number of rotatable bonds is 5. The van der Waals surface area contributed by atoms with Gasteiger partial charge in [-0.05, 0) is 19.1 Å². The maximum Gasteiger partial charge on any atom is 0.354 e. The molecular weight excluding hydrogens is 300 g/mol. The first-order valence-corrected chi connectivity index (χ1v) is 7.02. The van der Waals surface area contributed by atoms with E-state index in [-0.39, 0.29) is 17.4 Å². The largest absolute Gasteiger partial charge is 0.462 e. The Morgan fingerprint density at radius 1 is 1.33 bits per heavy atom. The third-order valence-electron chi connectivity index (χ3n) is 2.39. The SMILES string of the molecule is CCOC(=O)c1sc(C(C)(F)F)nc1Oc1ccccc1. The smallest absolute Gasteiger partial charge is 0.354 e. The Labute approximate surface area is 124 Å². The number of benzene rings is 1. The number of aromatic nitrogens is 1. The minimum absolute atomic E-state index is 0.0720. The van der Waals surface area contributed by atoms with Gasteiger partial charge in [0.25, 0.3) is 5.92 Å². The molecule has 2 aromatic rings. The van der Waals surface area contributed by atoms with Crippen LogP contribution in [0.1, 0.15) is 28.5 Å². The molecule has 0 radical (unpaired) electrons. The molecule has 21 heavy (non-hydrogen) atoms. The van der Waals surface area contributed by atoms with Gasteiger partial charge in [-0.2, -0.15) is 13.8 Å². The highest BCUT2D eigenvalue weighted by molar-refractivity contribution is 7.14. The Morgan fingerprint density at radius 3 is 2.57 bits per heavy atom. The van der Waals surface area contributed by atoms with Crippen LogP contribution in [0.4, 0.5) is 8.78 Å². The quantitative estimate of drug-likeness (QED) is 0.775. The van der Waals surface area contributed by atoms with Gasteiger partial charge in [0.05, 0.1) is 6.61 Å². The summed E-state index contributed by atoms with van der Waals surface area (Å²) in [5.74, 6) is -3.64. The number of esters is 1. The number of nitrogens with zero attached hydrogens (tertiary/aromatic N) is 1. The molecule has 0 atom stereocenters. The van der Waals surface area contributed by atoms with Crippen LogP contribution < -0.4 is 4.74 Å². The predicted molar refractivity (Wildman–Crippen MR) is 74.2 cm³/mol. The Morgan fingerprint density at radius 2 is 2.00 bits per heavy atom. The normalized spacial score (nSPS) is 11.2. The van der Waals surface area contributed by atoms with E-state index >= 15 is 0 Å². The van der Waals surface area contributed by atoms with Gasteiger partial charge in [-0.15, -0.1) is 11.3 Å². The third kappa shape index (κ3) is 3.75. The van der Waals surface area contributed by atoms with Gasteiger partial charge in [-0.3, -0.25) is 0 Å². The molecule has 0 aliphatic carbocycles. The summed E-state index contributed by atoms with van der Waals surface area (Å²) in [6.07, 6.45) is 0. The highest BCUT2D eigenvalue weighted by atomic mass is 32.1. The van der Waals surface area contributed by atoms with Crippen molar-refractivity contribution < 1.29 is 23.0 Å². The van der Waals surface area contributed by atoms with Gasteiger partial charge in [-0.25, -0.2) is 4.79 Å². The van der Waals surface area contributed by atoms with Crippen LogP contribution in [0.15, 0.2) is 30.3 Å². The number of halogens is 2. The standard InChI is InChI=1S/C14H13F2NO3S/c1-3-19-12(18)10-11(17-13(21-10)14(2,15)16)20-9-7-5-4-6-8-9/h4-8H,3H2,1-2H3. The second-order valence-corrected chi connectivity index (χ2v) is 5.18. The van der Waals surface area contributed by atoms with Crippen LogP contribution in [0.5, 0.6) is 11.6 Å². The Balaban J connectivity index is 2.37. The molecule has 0 unspecified atom stereocenters. The van der Waals surface area contributed by atoms with Crippen molar-refractivity contribution in [1.29, 1.82) is 0 Å². The molecule has 1 aromatic heterocycles. The zero-order valence-electron chi connectivity index (χ0n) is 11.4. The van der Waals surface area contributed by atoms with E-state index in [4.69, 9.17) is 9.47 Å². The van der Waals surface area contributed by atoms with Crippen molar-refractivity contribution in [3.8, 4) is 11.6 Å². The number of hydrogen-bond donors (Lipinski definition) is 0. The number of alkyl halides is 2. The van der Waals surface area contributed by atoms with E-state index in [1.54, 1.807) is 37.3 Å². The van der Waals surface area contributed by atoms with E-state index in [1.807, 2.05) is 0 Å². The van der Waals surface area contributed by atoms with Crippen molar-refractivity contribution in [2.75, 3.05) is 6.61 Å². The van der Waals surface area contributed by atoms with E-state index in [2.05, 4.69) is 4.98 Å². The molecule has 0 spiro atoms. The van der Waals surface area contributed by atoms with Crippen molar-refractivity contribution in [2.45, 2.75) is 19.8 Å². The van der Waals surface area contributed by atoms with E-state index in [0.717, 1.165) is 0 Å². The third-order valence-corrected chi connectivity index (χ3v) is 3.58. The molecular formula is C14H13F2NO3S. The lowest BCUT2D eigenvalue weighted by Gasteiger charge is -2.05. The average Bonchev–Trinajstić information content (AvgIpc) is 2.84. The van der Waals surface area contributed by atoms with E-state index in [9.17, 15) is 13.6 Å². The number of thiazole rings is 1. The molecule has 0 N–H and O–H groups in total. The fourth-order valence-electron chi connectivity index (χ4n) is 1.49. The molecule has 7 heteroatoms. The number of ether oxygens (including phenoxy) is 2. The van der Waals surface area contributed by atoms with Gasteiger partial charge in [-0.1, -0.05) is 18.2 Å².